The maximum Gasteiger partial charge on any atom is 0.166 e. The zero-order chi connectivity index (χ0) is 38.6. The van der Waals surface area contributed by atoms with Gasteiger partial charge >= 0.3 is 0 Å². The molecule has 0 amide bonds. The fourth-order valence-corrected chi connectivity index (χ4v) is 9.40. The summed E-state index contributed by atoms with van der Waals surface area (Å²) < 4.78 is 6.90. The first-order valence-electron chi connectivity index (χ1n) is 20.0. The Hall–Kier alpha value is -8.09. The van der Waals surface area contributed by atoms with Crippen molar-refractivity contribution in [1.82, 2.24) is 28.5 Å². The van der Waals surface area contributed by atoms with Gasteiger partial charge in [0.1, 0.15) is 16.7 Å². The highest BCUT2D eigenvalue weighted by atomic mass is 15.1. The lowest BCUT2D eigenvalue weighted by atomic mass is 10.0. The van der Waals surface area contributed by atoms with Crippen molar-refractivity contribution < 1.29 is 0 Å². The maximum atomic E-state index is 5.66. The van der Waals surface area contributed by atoms with Gasteiger partial charge in [0, 0.05) is 38.2 Å². The van der Waals surface area contributed by atoms with Crippen LogP contribution in [0.15, 0.2) is 194 Å². The Balaban J connectivity index is 1.08. The van der Waals surface area contributed by atoms with Gasteiger partial charge in [-0.1, -0.05) is 127 Å². The SMILES string of the molecule is c1ccc(-c2nc3c(nc2-n2c4ccccc4c4cc(-c5ccc6c(c5)c5ccccc5n6-c5ccccc5)ccc42)c2ccccc2n2c4ccccc4nc32)cc1. The minimum atomic E-state index is 0.773. The molecule has 59 heavy (non-hydrogen) atoms. The first-order chi connectivity index (χ1) is 29.3. The van der Waals surface area contributed by atoms with Gasteiger partial charge in [0.05, 0.1) is 38.6 Å². The number of para-hydroxylation sites is 6. The molecule has 0 unspecified atom stereocenters. The van der Waals surface area contributed by atoms with E-state index in [1.807, 2.05) is 12.1 Å². The molecule has 5 heterocycles. The molecular weight excluding hydrogens is 721 g/mol. The molecule has 0 aliphatic rings. The van der Waals surface area contributed by atoms with Gasteiger partial charge in [-0.15, -0.1) is 0 Å². The lowest BCUT2D eigenvalue weighted by molar-refractivity contribution is 1.08. The van der Waals surface area contributed by atoms with Gasteiger partial charge < -0.3 is 4.57 Å². The number of aromatic nitrogens is 6. The Kier molecular flexibility index (Phi) is 6.63. The average molecular weight is 753 g/mol. The minimum absolute atomic E-state index is 0.773. The van der Waals surface area contributed by atoms with Crippen LogP contribution in [0, 0.1) is 0 Å². The molecule has 13 aromatic rings. The summed E-state index contributed by atoms with van der Waals surface area (Å²) in [4.78, 5) is 16.4. The molecule has 0 bridgehead atoms. The van der Waals surface area contributed by atoms with Gasteiger partial charge in [-0.2, -0.15) is 0 Å². The lowest BCUT2D eigenvalue weighted by Crippen LogP contribution is -2.05. The molecule has 0 spiro atoms. The van der Waals surface area contributed by atoms with Crippen molar-refractivity contribution in [1.29, 1.82) is 0 Å². The van der Waals surface area contributed by atoms with E-state index in [0.29, 0.717) is 0 Å². The van der Waals surface area contributed by atoms with Gasteiger partial charge in [-0.05, 0) is 77.9 Å². The number of imidazole rings is 1. The highest BCUT2D eigenvalue weighted by Gasteiger charge is 2.23. The number of hydrogen-bond donors (Lipinski definition) is 0. The lowest BCUT2D eigenvalue weighted by Gasteiger charge is -2.15. The van der Waals surface area contributed by atoms with Gasteiger partial charge in [-0.3, -0.25) is 8.97 Å². The Bertz CT molecular complexity index is 3840. The predicted molar refractivity (Wildman–Crippen MR) is 243 cm³/mol. The van der Waals surface area contributed by atoms with E-state index >= 15 is 0 Å². The van der Waals surface area contributed by atoms with Gasteiger partial charge in [0.15, 0.2) is 11.5 Å². The van der Waals surface area contributed by atoms with Crippen molar-refractivity contribution in [3.8, 4) is 33.9 Å². The van der Waals surface area contributed by atoms with Crippen LogP contribution in [0.5, 0.6) is 0 Å². The first-order valence-corrected chi connectivity index (χ1v) is 20.0. The summed E-state index contributed by atoms with van der Waals surface area (Å²) >= 11 is 0. The van der Waals surface area contributed by atoms with Crippen LogP contribution in [0.1, 0.15) is 0 Å². The molecule has 0 atom stereocenters. The van der Waals surface area contributed by atoms with Crippen molar-refractivity contribution in [2.75, 3.05) is 0 Å². The number of pyridine rings is 1. The molecule has 0 aliphatic heterocycles. The van der Waals surface area contributed by atoms with Crippen molar-refractivity contribution >= 4 is 82.2 Å². The monoisotopic (exact) mass is 752 g/mol. The van der Waals surface area contributed by atoms with Crippen LogP contribution in [-0.2, 0) is 0 Å². The molecule has 0 saturated heterocycles. The summed E-state index contributed by atoms with van der Waals surface area (Å²) in [5.41, 5.74) is 15.2. The topological polar surface area (TPSA) is 52.9 Å². The van der Waals surface area contributed by atoms with E-state index < -0.39 is 0 Å². The Labute approximate surface area is 337 Å². The van der Waals surface area contributed by atoms with Crippen LogP contribution in [-0.4, -0.2) is 28.5 Å². The Morgan fingerprint density at radius 2 is 0.847 bits per heavy atom. The molecular formula is C53H32N6. The van der Waals surface area contributed by atoms with Crippen LogP contribution in [0.3, 0.4) is 0 Å². The maximum absolute atomic E-state index is 5.66. The van der Waals surface area contributed by atoms with Crippen molar-refractivity contribution in [3.05, 3.63) is 194 Å². The normalized spacial score (nSPS) is 12.1. The highest BCUT2D eigenvalue weighted by Crippen LogP contribution is 2.41. The summed E-state index contributed by atoms with van der Waals surface area (Å²) in [5, 5.41) is 5.81. The van der Waals surface area contributed by atoms with Crippen LogP contribution >= 0.6 is 0 Å². The minimum Gasteiger partial charge on any atom is -0.309 e. The zero-order valence-electron chi connectivity index (χ0n) is 31.7. The van der Waals surface area contributed by atoms with Crippen molar-refractivity contribution in [2.24, 2.45) is 0 Å². The number of fused-ring (bicyclic) bond motifs is 14. The third-order valence-electron chi connectivity index (χ3n) is 12.0. The van der Waals surface area contributed by atoms with E-state index in [9.17, 15) is 0 Å². The van der Waals surface area contributed by atoms with Gasteiger partial charge in [-0.25, -0.2) is 15.0 Å². The molecule has 0 fully saturated rings. The molecule has 13 rings (SSSR count). The number of benzene rings is 8. The number of rotatable bonds is 4. The quantitative estimate of drug-likeness (QED) is 0.168. The average Bonchev–Trinajstić information content (AvgIpc) is 3.97. The summed E-state index contributed by atoms with van der Waals surface area (Å²) in [5.74, 6) is 0.781. The molecule has 0 radical (unpaired) electrons. The molecule has 0 aliphatic carbocycles. The van der Waals surface area contributed by atoms with E-state index in [1.54, 1.807) is 0 Å². The fourth-order valence-electron chi connectivity index (χ4n) is 9.40. The van der Waals surface area contributed by atoms with Crippen molar-refractivity contribution in [2.45, 2.75) is 0 Å². The molecule has 0 saturated carbocycles. The second kappa shape index (κ2) is 12.2. The van der Waals surface area contributed by atoms with Crippen LogP contribution in [0.25, 0.3) is 116 Å². The third-order valence-corrected chi connectivity index (χ3v) is 12.0. The van der Waals surface area contributed by atoms with E-state index in [0.717, 1.165) is 88.7 Å². The molecule has 6 nitrogen and oxygen atoms in total. The number of hydrogen-bond acceptors (Lipinski definition) is 3. The Morgan fingerprint density at radius 1 is 0.322 bits per heavy atom. The van der Waals surface area contributed by atoms with Crippen LogP contribution in [0.4, 0.5) is 0 Å². The van der Waals surface area contributed by atoms with E-state index in [4.69, 9.17) is 15.0 Å². The third kappa shape index (κ3) is 4.59. The largest absolute Gasteiger partial charge is 0.309 e. The summed E-state index contributed by atoms with van der Waals surface area (Å²) in [6.07, 6.45) is 0. The molecule has 274 valence electrons. The molecule has 8 aromatic carbocycles. The smallest absolute Gasteiger partial charge is 0.166 e. The first kappa shape index (κ1) is 32.0. The summed E-state index contributed by atoms with van der Waals surface area (Å²) in [6.45, 7) is 0. The van der Waals surface area contributed by atoms with Crippen LogP contribution < -0.4 is 0 Å². The molecule has 5 aromatic heterocycles. The molecule has 6 heteroatoms. The van der Waals surface area contributed by atoms with Gasteiger partial charge in [0.2, 0.25) is 0 Å². The number of nitrogens with zero attached hydrogens (tertiary/aromatic N) is 6. The summed E-state index contributed by atoms with van der Waals surface area (Å²) in [7, 11) is 0. The van der Waals surface area contributed by atoms with Crippen molar-refractivity contribution in [3.63, 3.8) is 0 Å². The Morgan fingerprint density at radius 3 is 1.54 bits per heavy atom. The predicted octanol–water partition coefficient (Wildman–Crippen LogP) is 13.1. The second-order valence-corrected chi connectivity index (χ2v) is 15.2. The zero-order valence-corrected chi connectivity index (χ0v) is 31.7. The van der Waals surface area contributed by atoms with E-state index in [2.05, 4.69) is 196 Å². The highest BCUT2D eigenvalue weighted by molar-refractivity contribution is 6.14. The fraction of sp³-hybridized carbons (Fsp3) is 0. The van der Waals surface area contributed by atoms with E-state index in [-0.39, 0.29) is 0 Å². The molecule has 0 N–H and O–H groups in total. The van der Waals surface area contributed by atoms with Gasteiger partial charge in [0.25, 0.3) is 0 Å². The second-order valence-electron chi connectivity index (χ2n) is 15.2. The standard InChI is InChI=1S/C53H32N6/c1-3-15-33(16-4-1)49-52(56-50-39-21-9-13-25-45(39)59-48-26-14-10-22-42(48)54-53(59)51(50)55-49)58-44-24-12-8-20-38(44)41-32-35(28-30-47(41)58)34-27-29-46-40(31-34)37-19-7-11-23-43(37)57(46)36-17-5-2-6-18-36/h1-32H. The summed E-state index contributed by atoms with van der Waals surface area (Å²) in [6, 6.07) is 68.9. The van der Waals surface area contributed by atoms with Crippen LogP contribution in [0.2, 0.25) is 0 Å². The van der Waals surface area contributed by atoms with E-state index in [1.165, 1.54) is 27.4 Å².